The van der Waals surface area contributed by atoms with Crippen molar-refractivity contribution in [3.63, 3.8) is 0 Å². The molecule has 1 amide bonds. The van der Waals surface area contributed by atoms with Gasteiger partial charge in [0.15, 0.2) is 0 Å². The van der Waals surface area contributed by atoms with Crippen molar-refractivity contribution in [3.05, 3.63) is 29.8 Å². The zero-order valence-corrected chi connectivity index (χ0v) is 12.6. The number of hydrogen-bond acceptors (Lipinski definition) is 3. The van der Waals surface area contributed by atoms with Crippen molar-refractivity contribution in [2.24, 2.45) is 11.3 Å². The van der Waals surface area contributed by atoms with Crippen molar-refractivity contribution < 1.29 is 18.0 Å². The summed E-state index contributed by atoms with van der Waals surface area (Å²) in [5.74, 6) is -0.750. The maximum atomic E-state index is 13.8. The van der Waals surface area contributed by atoms with Gasteiger partial charge in [0.05, 0.1) is 12.2 Å². The van der Waals surface area contributed by atoms with Crippen molar-refractivity contribution in [1.29, 1.82) is 0 Å². The maximum Gasteiger partial charge on any atom is 0.254 e. The Morgan fingerprint density at radius 1 is 1.30 bits per heavy atom. The minimum atomic E-state index is -2.67. The fourth-order valence-corrected chi connectivity index (χ4v) is 3.90. The lowest BCUT2D eigenvalue weighted by Gasteiger charge is -2.28. The number of hydrogen-bond donors (Lipinski definition) is 0. The van der Waals surface area contributed by atoms with E-state index in [1.165, 1.54) is 17.3 Å². The van der Waals surface area contributed by atoms with Crippen molar-refractivity contribution in [3.8, 4) is 0 Å². The third kappa shape index (κ3) is 2.33. The Morgan fingerprint density at radius 3 is 2.74 bits per heavy atom. The molecule has 124 valence electrons. The number of carbonyl (C=O) groups excluding carboxylic acids is 1. The van der Waals surface area contributed by atoms with Gasteiger partial charge in [-0.1, -0.05) is 12.8 Å². The van der Waals surface area contributed by atoms with Crippen molar-refractivity contribution in [1.82, 2.24) is 15.0 Å². The van der Waals surface area contributed by atoms with Crippen LogP contribution in [0.2, 0.25) is 0 Å². The number of hydrazine groups is 1. The SMILES string of the molecule is O=C1N2C(c3cncc(F)c3)CCN2C[C@@]1(CC1CC1)C(F)F. The monoisotopic (exact) mass is 325 g/mol. The van der Waals surface area contributed by atoms with E-state index in [-0.39, 0.29) is 18.9 Å². The van der Waals surface area contributed by atoms with Gasteiger partial charge in [0.25, 0.3) is 12.3 Å². The van der Waals surface area contributed by atoms with Gasteiger partial charge in [-0.2, -0.15) is 0 Å². The molecule has 0 radical (unpaired) electrons. The Hall–Kier alpha value is -1.63. The minimum Gasteiger partial charge on any atom is -0.272 e. The van der Waals surface area contributed by atoms with Gasteiger partial charge in [-0.25, -0.2) is 18.2 Å². The predicted octanol–water partition coefficient (Wildman–Crippen LogP) is 2.78. The summed E-state index contributed by atoms with van der Waals surface area (Å²) >= 11 is 0. The van der Waals surface area contributed by atoms with Crippen LogP contribution in [0, 0.1) is 17.2 Å². The van der Waals surface area contributed by atoms with E-state index < -0.39 is 29.6 Å². The number of amides is 1. The first-order valence-electron chi connectivity index (χ1n) is 7.98. The average molecular weight is 325 g/mol. The normalized spacial score (nSPS) is 31.2. The lowest BCUT2D eigenvalue weighted by atomic mass is 9.82. The van der Waals surface area contributed by atoms with E-state index >= 15 is 0 Å². The molecule has 3 fully saturated rings. The second kappa shape index (κ2) is 5.19. The first kappa shape index (κ1) is 14.9. The summed E-state index contributed by atoms with van der Waals surface area (Å²) < 4.78 is 41.0. The van der Waals surface area contributed by atoms with Crippen LogP contribution in [0.5, 0.6) is 0 Å². The number of halogens is 3. The number of nitrogens with zero attached hydrogens (tertiary/aromatic N) is 3. The highest BCUT2D eigenvalue weighted by molar-refractivity contribution is 5.86. The van der Waals surface area contributed by atoms with E-state index in [1.807, 2.05) is 0 Å². The van der Waals surface area contributed by atoms with Crippen LogP contribution in [0.25, 0.3) is 0 Å². The fraction of sp³-hybridized carbons (Fsp3) is 0.625. The van der Waals surface area contributed by atoms with E-state index in [9.17, 15) is 18.0 Å². The molecular weight excluding hydrogens is 307 g/mol. The van der Waals surface area contributed by atoms with Gasteiger partial charge in [0.2, 0.25) is 0 Å². The summed E-state index contributed by atoms with van der Waals surface area (Å²) in [6.45, 7) is 0.602. The lowest BCUT2D eigenvalue weighted by Crippen LogP contribution is -2.42. The molecule has 4 rings (SSSR count). The zero-order valence-electron chi connectivity index (χ0n) is 12.6. The first-order chi connectivity index (χ1) is 11.0. The molecule has 1 aromatic rings. The highest BCUT2D eigenvalue weighted by Crippen LogP contribution is 2.51. The van der Waals surface area contributed by atoms with Crippen molar-refractivity contribution in [2.45, 2.75) is 38.2 Å². The van der Waals surface area contributed by atoms with Crippen LogP contribution in [-0.4, -0.2) is 40.4 Å². The Labute approximate surface area is 132 Å². The summed E-state index contributed by atoms with van der Waals surface area (Å²) in [4.78, 5) is 16.7. The second-order valence-electron chi connectivity index (χ2n) is 6.88. The number of aromatic nitrogens is 1. The van der Waals surface area contributed by atoms with E-state index in [2.05, 4.69) is 4.98 Å². The Kier molecular flexibility index (Phi) is 3.37. The number of rotatable bonds is 4. The molecule has 1 aliphatic carbocycles. The molecule has 3 heterocycles. The first-order valence-corrected chi connectivity index (χ1v) is 7.98. The molecule has 1 saturated carbocycles. The quantitative estimate of drug-likeness (QED) is 0.854. The summed E-state index contributed by atoms with van der Waals surface area (Å²) in [6.07, 6.45) is 2.65. The standard InChI is InChI=1S/C16H18F3N3O/c17-12-5-11(7-20-8-12)13-3-4-21-9-16(14(18)19,6-10-1-2-10)15(23)22(13)21/h5,7-8,10,13-14H,1-4,6,9H2/t13?,16-/m0/s1. The van der Waals surface area contributed by atoms with Crippen molar-refractivity contribution >= 4 is 5.91 Å². The third-order valence-electron chi connectivity index (χ3n) is 5.24. The minimum absolute atomic E-state index is 0.0687. The van der Waals surface area contributed by atoms with E-state index in [1.54, 1.807) is 5.01 Å². The summed E-state index contributed by atoms with van der Waals surface area (Å²) in [7, 11) is 0. The van der Waals surface area contributed by atoms with Gasteiger partial charge < -0.3 is 0 Å². The van der Waals surface area contributed by atoms with Crippen LogP contribution in [-0.2, 0) is 4.79 Å². The summed E-state index contributed by atoms with van der Waals surface area (Å²) in [5.41, 5.74) is -1.03. The number of alkyl halides is 2. The molecule has 0 spiro atoms. The largest absolute Gasteiger partial charge is 0.272 e. The van der Waals surface area contributed by atoms with E-state index in [4.69, 9.17) is 0 Å². The highest BCUT2D eigenvalue weighted by Gasteiger charge is 2.61. The molecule has 0 bridgehead atoms. The van der Waals surface area contributed by atoms with Gasteiger partial charge in [0.1, 0.15) is 11.2 Å². The summed E-state index contributed by atoms with van der Waals surface area (Å²) in [5, 5.41) is 3.15. The molecule has 1 unspecified atom stereocenters. The van der Waals surface area contributed by atoms with Crippen molar-refractivity contribution in [2.75, 3.05) is 13.1 Å². The number of carbonyl (C=O) groups is 1. The molecule has 0 aromatic carbocycles. The lowest BCUT2D eigenvalue weighted by molar-refractivity contribution is -0.149. The van der Waals surface area contributed by atoms with E-state index in [0.717, 1.165) is 19.0 Å². The molecule has 3 aliphatic rings. The van der Waals surface area contributed by atoms with Crippen LogP contribution in [0.4, 0.5) is 13.2 Å². The van der Waals surface area contributed by atoms with Crippen LogP contribution >= 0.6 is 0 Å². The van der Waals surface area contributed by atoms with E-state index in [0.29, 0.717) is 18.5 Å². The topological polar surface area (TPSA) is 36.4 Å². The van der Waals surface area contributed by atoms with Crippen LogP contribution in [0.3, 0.4) is 0 Å². The zero-order chi connectivity index (χ0) is 16.2. The van der Waals surface area contributed by atoms with Gasteiger partial charge in [-0.3, -0.25) is 14.8 Å². The van der Waals surface area contributed by atoms with Crippen LogP contribution < -0.4 is 0 Å². The molecule has 2 saturated heterocycles. The average Bonchev–Trinajstić information content (AvgIpc) is 3.15. The third-order valence-corrected chi connectivity index (χ3v) is 5.24. The Morgan fingerprint density at radius 2 is 2.09 bits per heavy atom. The van der Waals surface area contributed by atoms with Gasteiger partial charge >= 0.3 is 0 Å². The maximum absolute atomic E-state index is 13.8. The Balaban J connectivity index is 1.65. The smallest absolute Gasteiger partial charge is 0.254 e. The predicted molar refractivity (Wildman–Crippen MR) is 75.8 cm³/mol. The molecular formula is C16H18F3N3O. The number of pyridine rings is 1. The molecule has 0 N–H and O–H groups in total. The van der Waals surface area contributed by atoms with Gasteiger partial charge in [0, 0.05) is 19.3 Å². The fourth-order valence-electron chi connectivity index (χ4n) is 3.90. The van der Waals surface area contributed by atoms with Gasteiger partial charge in [-0.05, 0) is 30.4 Å². The molecule has 4 nitrogen and oxygen atoms in total. The molecule has 23 heavy (non-hydrogen) atoms. The molecule has 7 heteroatoms. The second-order valence-corrected chi connectivity index (χ2v) is 6.88. The summed E-state index contributed by atoms with van der Waals surface area (Å²) in [6, 6.07) is 0.933. The highest BCUT2D eigenvalue weighted by atomic mass is 19.3. The van der Waals surface area contributed by atoms with Gasteiger partial charge in [-0.15, -0.1) is 0 Å². The van der Waals surface area contributed by atoms with Crippen LogP contribution in [0.1, 0.15) is 37.3 Å². The molecule has 1 aromatic heterocycles. The van der Waals surface area contributed by atoms with Crippen LogP contribution in [0.15, 0.2) is 18.5 Å². The molecule has 2 atom stereocenters. The number of fused-ring (bicyclic) bond motifs is 1. The molecule has 2 aliphatic heterocycles. The Bertz CT molecular complexity index is 637.